The van der Waals surface area contributed by atoms with Gasteiger partial charge in [-0.05, 0) is 50.3 Å². The molecule has 100 valence electrons. The number of halogens is 2. The molecule has 0 saturated heterocycles. The van der Waals surface area contributed by atoms with Crippen molar-refractivity contribution in [3.63, 3.8) is 0 Å². The molecule has 1 aliphatic rings. The molecule has 1 unspecified atom stereocenters. The number of aliphatic hydroxyl groups excluding tert-OH is 1. The van der Waals surface area contributed by atoms with Crippen LogP contribution in [0.3, 0.4) is 0 Å². The molecule has 18 heavy (non-hydrogen) atoms. The molecular weight excluding hydrogens is 269 g/mol. The standard InChI is InChI=1S/C14H19Cl2NO/c1-9(10-2-7-13(15)14(16)8-10)17-11-3-5-12(18)6-4-11/h2,7-9,11-12,17-18H,3-6H2,1H3. The third-order valence-electron chi connectivity index (χ3n) is 3.63. The van der Waals surface area contributed by atoms with Gasteiger partial charge in [0.15, 0.2) is 0 Å². The first-order valence-electron chi connectivity index (χ1n) is 6.45. The lowest BCUT2D eigenvalue weighted by molar-refractivity contribution is 0.114. The van der Waals surface area contributed by atoms with E-state index in [1.807, 2.05) is 18.2 Å². The van der Waals surface area contributed by atoms with Gasteiger partial charge in [-0.1, -0.05) is 29.3 Å². The van der Waals surface area contributed by atoms with Crippen LogP contribution in [0.15, 0.2) is 18.2 Å². The molecule has 0 aromatic heterocycles. The van der Waals surface area contributed by atoms with Gasteiger partial charge >= 0.3 is 0 Å². The molecule has 2 rings (SSSR count). The predicted octanol–water partition coefficient (Wildman–Crippen LogP) is 3.95. The minimum Gasteiger partial charge on any atom is -0.393 e. The second-order valence-electron chi connectivity index (χ2n) is 5.07. The third-order valence-corrected chi connectivity index (χ3v) is 4.37. The first kappa shape index (κ1) is 14.1. The van der Waals surface area contributed by atoms with Crippen LogP contribution in [0.25, 0.3) is 0 Å². The number of benzene rings is 1. The molecule has 2 nitrogen and oxygen atoms in total. The monoisotopic (exact) mass is 287 g/mol. The van der Waals surface area contributed by atoms with Crippen LogP contribution < -0.4 is 5.32 Å². The Balaban J connectivity index is 1.94. The van der Waals surface area contributed by atoms with Crippen LogP contribution in [-0.2, 0) is 0 Å². The van der Waals surface area contributed by atoms with Gasteiger partial charge in [0.25, 0.3) is 0 Å². The van der Waals surface area contributed by atoms with Gasteiger partial charge < -0.3 is 10.4 Å². The highest BCUT2D eigenvalue weighted by Crippen LogP contribution is 2.27. The van der Waals surface area contributed by atoms with Crippen molar-refractivity contribution >= 4 is 23.2 Å². The van der Waals surface area contributed by atoms with Gasteiger partial charge in [-0.15, -0.1) is 0 Å². The number of rotatable bonds is 3. The average Bonchev–Trinajstić information content (AvgIpc) is 2.35. The largest absolute Gasteiger partial charge is 0.393 e. The maximum Gasteiger partial charge on any atom is 0.0595 e. The topological polar surface area (TPSA) is 32.3 Å². The zero-order chi connectivity index (χ0) is 13.1. The maximum atomic E-state index is 9.49. The fraction of sp³-hybridized carbons (Fsp3) is 0.571. The molecule has 0 heterocycles. The summed E-state index contributed by atoms with van der Waals surface area (Å²) in [4.78, 5) is 0. The van der Waals surface area contributed by atoms with Crippen molar-refractivity contribution in [1.82, 2.24) is 5.32 Å². The molecule has 0 spiro atoms. The summed E-state index contributed by atoms with van der Waals surface area (Å²) in [6.45, 7) is 2.13. The van der Waals surface area contributed by atoms with E-state index < -0.39 is 0 Å². The highest BCUT2D eigenvalue weighted by Gasteiger charge is 2.21. The van der Waals surface area contributed by atoms with Crippen LogP contribution >= 0.6 is 23.2 Å². The van der Waals surface area contributed by atoms with E-state index in [0.29, 0.717) is 16.1 Å². The summed E-state index contributed by atoms with van der Waals surface area (Å²) in [7, 11) is 0. The summed E-state index contributed by atoms with van der Waals surface area (Å²) in [6, 6.07) is 6.49. The number of hydrogen-bond acceptors (Lipinski definition) is 2. The summed E-state index contributed by atoms with van der Waals surface area (Å²) in [5, 5.41) is 14.3. The molecule has 1 aromatic carbocycles. The molecule has 4 heteroatoms. The van der Waals surface area contributed by atoms with Crippen LogP contribution in [0, 0.1) is 0 Å². The predicted molar refractivity (Wildman–Crippen MR) is 76.3 cm³/mol. The van der Waals surface area contributed by atoms with E-state index >= 15 is 0 Å². The summed E-state index contributed by atoms with van der Waals surface area (Å²) < 4.78 is 0. The molecule has 1 atom stereocenters. The van der Waals surface area contributed by atoms with Crippen molar-refractivity contribution in [3.8, 4) is 0 Å². The number of hydrogen-bond donors (Lipinski definition) is 2. The Morgan fingerprint density at radius 3 is 2.44 bits per heavy atom. The smallest absolute Gasteiger partial charge is 0.0595 e. The zero-order valence-corrected chi connectivity index (χ0v) is 12.0. The van der Waals surface area contributed by atoms with E-state index in [0.717, 1.165) is 31.2 Å². The van der Waals surface area contributed by atoms with E-state index in [1.54, 1.807) is 0 Å². The average molecular weight is 288 g/mol. The molecule has 2 N–H and O–H groups in total. The number of nitrogens with one attached hydrogen (secondary N) is 1. The summed E-state index contributed by atoms with van der Waals surface area (Å²) in [5.41, 5.74) is 1.15. The minimum absolute atomic E-state index is 0.108. The molecule has 1 saturated carbocycles. The Labute approximate surface area is 118 Å². The summed E-state index contributed by atoms with van der Waals surface area (Å²) >= 11 is 11.9. The molecule has 1 fully saturated rings. The lowest BCUT2D eigenvalue weighted by atomic mass is 9.92. The fourth-order valence-corrected chi connectivity index (χ4v) is 2.78. The van der Waals surface area contributed by atoms with E-state index in [4.69, 9.17) is 23.2 Å². The van der Waals surface area contributed by atoms with Gasteiger partial charge in [-0.2, -0.15) is 0 Å². The third kappa shape index (κ3) is 3.61. The Kier molecular flexibility index (Phi) is 4.91. The second-order valence-corrected chi connectivity index (χ2v) is 5.88. The molecular formula is C14H19Cl2NO. The lowest BCUT2D eigenvalue weighted by Crippen LogP contribution is -2.36. The van der Waals surface area contributed by atoms with Gasteiger partial charge in [0, 0.05) is 12.1 Å². The van der Waals surface area contributed by atoms with Crippen molar-refractivity contribution in [1.29, 1.82) is 0 Å². The Morgan fingerprint density at radius 1 is 1.17 bits per heavy atom. The van der Waals surface area contributed by atoms with Gasteiger partial charge in [0.05, 0.1) is 16.1 Å². The van der Waals surface area contributed by atoms with Crippen molar-refractivity contribution in [2.45, 2.75) is 50.8 Å². The summed E-state index contributed by atoms with van der Waals surface area (Å²) in [6.07, 6.45) is 3.75. The Morgan fingerprint density at radius 2 is 1.83 bits per heavy atom. The van der Waals surface area contributed by atoms with Crippen molar-refractivity contribution < 1.29 is 5.11 Å². The number of aliphatic hydroxyl groups is 1. The molecule has 0 radical (unpaired) electrons. The molecule has 0 aliphatic heterocycles. The zero-order valence-electron chi connectivity index (χ0n) is 10.5. The van der Waals surface area contributed by atoms with Crippen LogP contribution in [-0.4, -0.2) is 17.3 Å². The van der Waals surface area contributed by atoms with E-state index in [1.165, 1.54) is 0 Å². The first-order chi connectivity index (χ1) is 8.56. The van der Waals surface area contributed by atoms with Gasteiger partial charge in [-0.25, -0.2) is 0 Å². The summed E-state index contributed by atoms with van der Waals surface area (Å²) in [5.74, 6) is 0. The molecule has 1 aromatic rings. The van der Waals surface area contributed by atoms with Crippen LogP contribution in [0.5, 0.6) is 0 Å². The highest BCUT2D eigenvalue weighted by molar-refractivity contribution is 6.42. The molecule has 0 bridgehead atoms. The van der Waals surface area contributed by atoms with Gasteiger partial charge in [-0.3, -0.25) is 0 Å². The molecule has 1 aliphatic carbocycles. The van der Waals surface area contributed by atoms with E-state index in [-0.39, 0.29) is 12.1 Å². The fourth-order valence-electron chi connectivity index (χ4n) is 2.47. The Hall–Kier alpha value is -0.280. The van der Waals surface area contributed by atoms with Crippen LogP contribution in [0.1, 0.15) is 44.2 Å². The SMILES string of the molecule is CC(NC1CCC(O)CC1)c1ccc(Cl)c(Cl)c1. The van der Waals surface area contributed by atoms with E-state index in [9.17, 15) is 5.11 Å². The minimum atomic E-state index is -0.108. The lowest BCUT2D eigenvalue weighted by Gasteiger charge is -2.29. The van der Waals surface area contributed by atoms with Crippen LogP contribution in [0.4, 0.5) is 0 Å². The molecule has 0 amide bonds. The highest BCUT2D eigenvalue weighted by atomic mass is 35.5. The maximum absolute atomic E-state index is 9.49. The first-order valence-corrected chi connectivity index (χ1v) is 7.21. The Bertz CT molecular complexity index is 403. The van der Waals surface area contributed by atoms with Gasteiger partial charge in [0.2, 0.25) is 0 Å². The second kappa shape index (κ2) is 6.25. The quantitative estimate of drug-likeness (QED) is 0.882. The van der Waals surface area contributed by atoms with Crippen molar-refractivity contribution in [2.24, 2.45) is 0 Å². The van der Waals surface area contributed by atoms with Gasteiger partial charge in [0.1, 0.15) is 0 Å². The normalized spacial score (nSPS) is 26.0. The van der Waals surface area contributed by atoms with Crippen LogP contribution in [0.2, 0.25) is 10.0 Å². The van der Waals surface area contributed by atoms with Crippen molar-refractivity contribution in [3.05, 3.63) is 33.8 Å². The van der Waals surface area contributed by atoms with E-state index in [2.05, 4.69) is 12.2 Å². The van der Waals surface area contributed by atoms with Crippen molar-refractivity contribution in [2.75, 3.05) is 0 Å².